The molecule has 0 amide bonds. The number of hydrogen-bond acceptors (Lipinski definition) is 2. The molecule has 1 heterocycles. The summed E-state index contributed by atoms with van der Waals surface area (Å²) in [5.41, 5.74) is 2.28. The van der Waals surface area contributed by atoms with Crippen LogP contribution in [0.5, 0.6) is 0 Å². The molecule has 0 aliphatic heterocycles. The van der Waals surface area contributed by atoms with Crippen LogP contribution in [0, 0.1) is 6.92 Å². The van der Waals surface area contributed by atoms with Crippen LogP contribution in [0.4, 0.5) is 0 Å². The molecule has 1 N–H and O–H groups in total. The number of nitrogens with zero attached hydrogens (tertiary/aromatic N) is 2. The molecule has 0 radical (unpaired) electrons. The van der Waals surface area contributed by atoms with Crippen LogP contribution >= 0.6 is 11.6 Å². The summed E-state index contributed by atoms with van der Waals surface area (Å²) in [6.45, 7) is 5.02. The van der Waals surface area contributed by atoms with E-state index in [2.05, 4.69) is 23.3 Å². The molecule has 0 bridgehead atoms. The summed E-state index contributed by atoms with van der Waals surface area (Å²) in [5, 5.41) is 4.26. The van der Waals surface area contributed by atoms with Crippen molar-refractivity contribution in [3.63, 3.8) is 0 Å². The van der Waals surface area contributed by atoms with Crippen molar-refractivity contribution in [3.05, 3.63) is 52.6 Å². The molecule has 0 spiro atoms. The summed E-state index contributed by atoms with van der Waals surface area (Å²) in [6.07, 6.45) is 3.78. The Morgan fingerprint density at radius 2 is 2.22 bits per heavy atom. The van der Waals surface area contributed by atoms with E-state index in [4.69, 9.17) is 11.6 Å². The van der Waals surface area contributed by atoms with Crippen LogP contribution in [0.3, 0.4) is 0 Å². The van der Waals surface area contributed by atoms with Gasteiger partial charge in [0.2, 0.25) is 0 Å². The zero-order chi connectivity index (χ0) is 13.1. The second-order valence-electron chi connectivity index (χ2n) is 4.34. The lowest BCUT2D eigenvalue weighted by atomic mass is 10.0. The Balaban J connectivity index is 2.48. The summed E-state index contributed by atoms with van der Waals surface area (Å²) in [7, 11) is 2.01. The van der Waals surface area contributed by atoms with Crippen molar-refractivity contribution in [1.82, 2.24) is 14.9 Å². The molecule has 0 aliphatic rings. The van der Waals surface area contributed by atoms with E-state index in [1.807, 2.05) is 43.1 Å². The Labute approximate surface area is 113 Å². The molecule has 0 fully saturated rings. The van der Waals surface area contributed by atoms with Crippen molar-refractivity contribution in [2.75, 3.05) is 6.54 Å². The van der Waals surface area contributed by atoms with Gasteiger partial charge < -0.3 is 9.88 Å². The SMILES string of the molecule is CCNC(c1cccc(Cl)c1C)c1nccn1C. The van der Waals surface area contributed by atoms with Crippen molar-refractivity contribution in [2.45, 2.75) is 19.9 Å². The van der Waals surface area contributed by atoms with E-state index in [0.717, 1.165) is 23.0 Å². The van der Waals surface area contributed by atoms with Crippen molar-refractivity contribution < 1.29 is 0 Å². The Kier molecular flexibility index (Phi) is 4.04. The lowest BCUT2D eigenvalue weighted by molar-refractivity contribution is 0.575. The van der Waals surface area contributed by atoms with Crippen LogP contribution < -0.4 is 5.32 Å². The summed E-state index contributed by atoms with van der Waals surface area (Å²) >= 11 is 6.20. The van der Waals surface area contributed by atoms with E-state index in [-0.39, 0.29) is 6.04 Å². The van der Waals surface area contributed by atoms with Crippen LogP contribution in [-0.4, -0.2) is 16.1 Å². The second-order valence-corrected chi connectivity index (χ2v) is 4.75. The van der Waals surface area contributed by atoms with Gasteiger partial charge in [-0.15, -0.1) is 0 Å². The quantitative estimate of drug-likeness (QED) is 0.919. The van der Waals surface area contributed by atoms with Gasteiger partial charge in [0.15, 0.2) is 0 Å². The van der Waals surface area contributed by atoms with Gasteiger partial charge in [-0.2, -0.15) is 0 Å². The molecule has 1 unspecified atom stereocenters. The molecule has 4 heteroatoms. The number of halogens is 1. The van der Waals surface area contributed by atoms with E-state index in [9.17, 15) is 0 Å². The molecule has 0 saturated heterocycles. The van der Waals surface area contributed by atoms with Crippen LogP contribution in [0.15, 0.2) is 30.6 Å². The number of rotatable bonds is 4. The number of imidazole rings is 1. The van der Waals surface area contributed by atoms with Gasteiger partial charge in [0.05, 0.1) is 6.04 Å². The highest BCUT2D eigenvalue weighted by Gasteiger charge is 2.19. The summed E-state index contributed by atoms with van der Waals surface area (Å²) in [4.78, 5) is 4.44. The zero-order valence-electron chi connectivity index (χ0n) is 10.9. The molecule has 0 saturated carbocycles. The van der Waals surface area contributed by atoms with Gasteiger partial charge >= 0.3 is 0 Å². The van der Waals surface area contributed by atoms with Gasteiger partial charge in [0.25, 0.3) is 0 Å². The van der Waals surface area contributed by atoms with Gasteiger partial charge in [-0.1, -0.05) is 30.7 Å². The fraction of sp³-hybridized carbons (Fsp3) is 0.357. The highest BCUT2D eigenvalue weighted by molar-refractivity contribution is 6.31. The van der Waals surface area contributed by atoms with E-state index in [1.54, 1.807) is 0 Å². The molecular weight excluding hydrogens is 246 g/mol. The molecule has 1 aromatic heterocycles. The maximum atomic E-state index is 6.20. The van der Waals surface area contributed by atoms with Crippen LogP contribution in [0.1, 0.15) is 29.9 Å². The van der Waals surface area contributed by atoms with Gasteiger partial charge in [-0.05, 0) is 30.7 Å². The highest BCUT2D eigenvalue weighted by atomic mass is 35.5. The third kappa shape index (κ3) is 2.42. The van der Waals surface area contributed by atoms with E-state index in [0.29, 0.717) is 0 Å². The monoisotopic (exact) mass is 263 g/mol. The summed E-state index contributed by atoms with van der Waals surface area (Å²) in [5.74, 6) is 1.00. The molecule has 18 heavy (non-hydrogen) atoms. The smallest absolute Gasteiger partial charge is 0.130 e. The molecule has 1 atom stereocenters. The third-order valence-electron chi connectivity index (χ3n) is 3.15. The van der Waals surface area contributed by atoms with Gasteiger partial charge in [0.1, 0.15) is 5.82 Å². The van der Waals surface area contributed by atoms with E-state index in [1.165, 1.54) is 5.56 Å². The van der Waals surface area contributed by atoms with Crippen LogP contribution in [0.2, 0.25) is 5.02 Å². The average molecular weight is 264 g/mol. The lowest BCUT2D eigenvalue weighted by Crippen LogP contribution is -2.25. The van der Waals surface area contributed by atoms with E-state index < -0.39 is 0 Å². The Bertz CT molecular complexity index is 534. The third-order valence-corrected chi connectivity index (χ3v) is 3.55. The van der Waals surface area contributed by atoms with Crippen LogP contribution in [0.25, 0.3) is 0 Å². The van der Waals surface area contributed by atoms with Gasteiger partial charge in [-0.25, -0.2) is 4.98 Å². The molecule has 2 rings (SSSR count). The fourth-order valence-electron chi connectivity index (χ4n) is 2.14. The predicted octanol–water partition coefficient (Wildman–Crippen LogP) is 3.08. The number of nitrogens with one attached hydrogen (secondary N) is 1. The Hall–Kier alpha value is -1.32. The standard InChI is InChI=1S/C14H18ClN3/c1-4-16-13(14-17-8-9-18(14)3)11-6-5-7-12(15)10(11)2/h5-9,13,16H,4H2,1-3H3. The minimum absolute atomic E-state index is 0.0775. The Morgan fingerprint density at radius 3 is 2.83 bits per heavy atom. The first-order valence-corrected chi connectivity index (χ1v) is 6.48. The fourth-order valence-corrected chi connectivity index (χ4v) is 2.32. The number of aryl methyl sites for hydroxylation is 1. The number of hydrogen-bond donors (Lipinski definition) is 1. The van der Waals surface area contributed by atoms with Crippen molar-refractivity contribution >= 4 is 11.6 Å². The maximum absolute atomic E-state index is 6.20. The average Bonchev–Trinajstić information content (AvgIpc) is 2.76. The highest BCUT2D eigenvalue weighted by Crippen LogP contribution is 2.27. The predicted molar refractivity (Wildman–Crippen MR) is 74.9 cm³/mol. The van der Waals surface area contributed by atoms with Gasteiger partial charge in [-0.3, -0.25) is 0 Å². The molecule has 3 nitrogen and oxygen atoms in total. The molecule has 0 aliphatic carbocycles. The molecule has 96 valence electrons. The maximum Gasteiger partial charge on any atom is 0.130 e. The normalized spacial score (nSPS) is 12.7. The number of benzene rings is 1. The molecule has 1 aromatic carbocycles. The first kappa shape index (κ1) is 13.1. The van der Waals surface area contributed by atoms with Gasteiger partial charge in [0, 0.05) is 24.5 Å². The molecule has 2 aromatic rings. The van der Waals surface area contributed by atoms with Crippen molar-refractivity contribution in [3.8, 4) is 0 Å². The largest absolute Gasteiger partial charge is 0.336 e. The lowest BCUT2D eigenvalue weighted by Gasteiger charge is -2.20. The molecular formula is C14H18ClN3. The zero-order valence-corrected chi connectivity index (χ0v) is 11.7. The second kappa shape index (κ2) is 5.55. The first-order valence-electron chi connectivity index (χ1n) is 6.10. The Morgan fingerprint density at radius 1 is 1.44 bits per heavy atom. The summed E-state index contributed by atoms with van der Waals surface area (Å²) < 4.78 is 2.04. The van der Waals surface area contributed by atoms with Crippen molar-refractivity contribution in [1.29, 1.82) is 0 Å². The minimum atomic E-state index is 0.0775. The first-order chi connectivity index (χ1) is 8.65. The number of aromatic nitrogens is 2. The van der Waals surface area contributed by atoms with Crippen LogP contribution in [-0.2, 0) is 7.05 Å². The topological polar surface area (TPSA) is 29.9 Å². The minimum Gasteiger partial charge on any atom is -0.336 e. The van der Waals surface area contributed by atoms with Crippen molar-refractivity contribution in [2.24, 2.45) is 7.05 Å². The van der Waals surface area contributed by atoms with E-state index >= 15 is 0 Å². The summed E-state index contributed by atoms with van der Waals surface area (Å²) in [6, 6.07) is 6.08.